The number of benzene rings is 10. The highest BCUT2D eigenvalue weighted by atomic mass is 31.2. The van der Waals surface area contributed by atoms with E-state index in [1.54, 1.807) is 14.2 Å². The molecular formula is C62H56O8P2. The van der Waals surface area contributed by atoms with Crippen LogP contribution in [0.25, 0.3) is 54.2 Å². The third-order valence-electron chi connectivity index (χ3n) is 12.5. The van der Waals surface area contributed by atoms with Crippen molar-refractivity contribution in [3.63, 3.8) is 0 Å². The molecule has 10 aromatic carbocycles. The fraction of sp³-hybridized carbons (Fsp3) is 0.161. The number of hydrogen-bond acceptors (Lipinski definition) is 8. The van der Waals surface area contributed by atoms with Gasteiger partial charge in [-0.15, -0.1) is 0 Å². The zero-order valence-electron chi connectivity index (χ0n) is 41.6. The molecule has 0 amide bonds. The standard InChI is InChI=1S/C62H56O8P2/c1-61(2,3)53-39-45(63-7)37-51(59(53)69-71(65-55-33-17-25-41-21-9-13-29-47(41)55)66-56-34-18-26-42-22-10-14-30-48(42)56)52-38-46(64-8)40-54(62(4,5)6)60(52)70-72(67-57-35-19-27-43-23-11-15-31-49(43)57)68-58-36-20-28-44-24-12-16-32-50(44)58/h9-40H,1-8H3. The van der Waals surface area contributed by atoms with Gasteiger partial charge in [0, 0.05) is 43.8 Å². The molecule has 0 N–H and O–H groups in total. The predicted octanol–water partition coefficient (Wildman–Crippen LogP) is 18.1. The van der Waals surface area contributed by atoms with Crippen LogP contribution in [0.3, 0.4) is 0 Å². The Hall–Kier alpha value is -7.50. The van der Waals surface area contributed by atoms with Crippen LogP contribution in [0.1, 0.15) is 52.7 Å². The van der Waals surface area contributed by atoms with Gasteiger partial charge in [-0.25, -0.2) is 0 Å². The van der Waals surface area contributed by atoms with Crippen LogP contribution < -0.4 is 36.6 Å². The largest absolute Gasteiger partial charge is 0.530 e. The monoisotopic (exact) mass is 990 g/mol. The number of rotatable bonds is 15. The highest BCUT2D eigenvalue weighted by molar-refractivity contribution is 7.43. The first kappa shape index (κ1) is 48.1. The summed E-state index contributed by atoms with van der Waals surface area (Å²) in [6.45, 7) is 12.9. The summed E-state index contributed by atoms with van der Waals surface area (Å²) in [7, 11) is -1.15. The van der Waals surface area contributed by atoms with E-state index in [-0.39, 0.29) is 0 Å². The van der Waals surface area contributed by atoms with Crippen LogP contribution in [0.5, 0.6) is 46.0 Å². The van der Waals surface area contributed by atoms with Gasteiger partial charge in [0.1, 0.15) is 46.0 Å². The summed E-state index contributed by atoms with van der Waals surface area (Å²) in [4.78, 5) is 0. The molecule has 0 saturated heterocycles. The van der Waals surface area contributed by atoms with E-state index in [2.05, 4.69) is 90.1 Å². The highest BCUT2D eigenvalue weighted by Crippen LogP contribution is 2.57. The fourth-order valence-corrected chi connectivity index (χ4v) is 11.0. The molecule has 10 heteroatoms. The fourth-order valence-electron chi connectivity index (χ4n) is 8.83. The number of hydrogen-bond donors (Lipinski definition) is 0. The minimum atomic E-state index is -2.25. The second-order valence-corrected chi connectivity index (χ2v) is 21.5. The lowest BCUT2D eigenvalue weighted by Crippen LogP contribution is -2.17. The van der Waals surface area contributed by atoms with E-state index in [9.17, 15) is 0 Å². The minimum Gasteiger partial charge on any atom is -0.497 e. The number of ether oxygens (including phenoxy) is 2. The zero-order chi connectivity index (χ0) is 50.0. The Bertz CT molecular complexity index is 3160. The maximum Gasteiger partial charge on any atom is 0.530 e. The van der Waals surface area contributed by atoms with Crippen molar-refractivity contribution in [1.82, 2.24) is 0 Å². The van der Waals surface area contributed by atoms with Gasteiger partial charge in [-0.05, 0) is 80.9 Å². The summed E-state index contributed by atoms with van der Waals surface area (Å²) in [5.74, 6) is 4.74. The molecule has 72 heavy (non-hydrogen) atoms. The van der Waals surface area contributed by atoms with E-state index in [4.69, 9.17) is 36.6 Å². The number of fused-ring (bicyclic) bond motifs is 4. The van der Waals surface area contributed by atoms with E-state index < -0.39 is 28.0 Å². The second kappa shape index (κ2) is 20.3. The summed E-state index contributed by atoms with van der Waals surface area (Å²) in [5.41, 5.74) is 2.01. The van der Waals surface area contributed by atoms with Crippen molar-refractivity contribution in [2.75, 3.05) is 14.2 Å². The minimum absolute atomic E-state index is 0.493. The number of methoxy groups -OCH3 is 2. The van der Waals surface area contributed by atoms with Gasteiger partial charge in [0.25, 0.3) is 0 Å². The normalized spacial score (nSPS) is 11.9. The first-order valence-corrected chi connectivity index (χ1v) is 26.1. The Morgan fingerprint density at radius 2 is 0.569 bits per heavy atom. The van der Waals surface area contributed by atoms with Gasteiger partial charge in [-0.1, -0.05) is 187 Å². The molecule has 0 spiro atoms. The lowest BCUT2D eigenvalue weighted by molar-refractivity contribution is 0.379. The molecule has 0 aromatic heterocycles. The molecule has 0 atom stereocenters. The van der Waals surface area contributed by atoms with E-state index in [0.717, 1.165) is 54.2 Å². The molecule has 10 rings (SSSR count). The highest BCUT2D eigenvalue weighted by Gasteiger charge is 2.35. The molecular weight excluding hydrogens is 935 g/mol. The van der Waals surface area contributed by atoms with Crippen molar-refractivity contribution in [3.05, 3.63) is 205 Å². The summed E-state index contributed by atoms with van der Waals surface area (Å²) in [6.07, 6.45) is 0. The molecule has 0 aliphatic rings. The van der Waals surface area contributed by atoms with Crippen LogP contribution in [-0.2, 0) is 10.8 Å². The van der Waals surface area contributed by atoms with Gasteiger partial charge in [-0.2, -0.15) is 0 Å². The Labute approximate surface area is 424 Å². The van der Waals surface area contributed by atoms with Gasteiger partial charge >= 0.3 is 17.2 Å². The third-order valence-corrected chi connectivity index (χ3v) is 14.6. The smallest absolute Gasteiger partial charge is 0.497 e. The molecule has 0 heterocycles. The maximum absolute atomic E-state index is 7.42. The Morgan fingerprint density at radius 1 is 0.306 bits per heavy atom. The van der Waals surface area contributed by atoms with Crippen LogP contribution in [0, 0.1) is 0 Å². The molecule has 362 valence electrons. The molecule has 10 aromatic rings. The van der Waals surface area contributed by atoms with E-state index in [1.165, 1.54) is 0 Å². The Morgan fingerprint density at radius 3 is 0.833 bits per heavy atom. The molecule has 0 fully saturated rings. The SMILES string of the molecule is COc1cc(-c2cc(OC)cc(C(C)(C)C)c2OP(Oc2cccc3ccccc23)Oc2cccc3ccccc23)c(OP(Oc2cccc3ccccc23)Oc2cccc3ccccc23)c(C(C)(C)C)c1. The van der Waals surface area contributed by atoms with Crippen LogP contribution >= 0.6 is 17.2 Å². The summed E-state index contributed by atoms with van der Waals surface area (Å²) in [6, 6.07) is 64.5. The molecule has 0 aliphatic heterocycles. The average Bonchev–Trinajstić information content (AvgIpc) is 3.38. The predicted molar refractivity (Wildman–Crippen MR) is 296 cm³/mol. The zero-order valence-corrected chi connectivity index (χ0v) is 43.4. The van der Waals surface area contributed by atoms with Crippen LogP contribution in [-0.4, -0.2) is 14.2 Å². The van der Waals surface area contributed by atoms with Crippen molar-refractivity contribution < 1.29 is 36.6 Å². The quantitative estimate of drug-likeness (QED) is 0.0941. The summed E-state index contributed by atoms with van der Waals surface area (Å²) >= 11 is 0. The molecule has 0 saturated carbocycles. The van der Waals surface area contributed by atoms with E-state index in [1.807, 2.05) is 146 Å². The Kier molecular flexibility index (Phi) is 13.6. The molecule has 0 bridgehead atoms. The van der Waals surface area contributed by atoms with Gasteiger partial charge in [0.2, 0.25) is 0 Å². The van der Waals surface area contributed by atoms with Crippen LogP contribution in [0.15, 0.2) is 194 Å². The lowest BCUT2D eigenvalue weighted by Gasteiger charge is -2.30. The average molecular weight is 991 g/mol. The first-order valence-electron chi connectivity index (χ1n) is 23.9. The lowest BCUT2D eigenvalue weighted by atomic mass is 9.81. The van der Waals surface area contributed by atoms with Crippen molar-refractivity contribution >= 4 is 60.3 Å². The van der Waals surface area contributed by atoms with Gasteiger partial charge in [0.05, 0.1) is 14.2 Å². The van der Waals surface area contributed by atoms with Crippen molar-refractivity contribution in [2.24, 2.45) is 0 Å². The second-order valence-electron chi connectivity index (χ2n) is 19.5. The topological polar surface area (TPSA) is 73.8 Å². The van der Waals surface area contributed by atoms with E-state index >= 15 is 0 Å². The first-order chi connectivity index (χ1) is 34.8. The molecule has 8 nitrogen and oxygen atoms in total. The van der Waals surface area contributed by atoms with Crippen LogP contribution in [0.2, 0.25) is 0 Å². The summed E-state index contributed by atoms with van der Waals surface area (Å²) in [5, 5.41) is 7.79. The molecule has 0 aliphatic carbocycles. The maximum atomic E-state index is 7.42. The van der Waals surface area contributed by atoms with Crippen molar-refractivity contribution in [1.29, 1.82) is 0 Å². The van der Waals surface area contributed by atoms with E-state index in [0.29, 0.717) is 57.1 Å². The summed E-state index contributed by atoms with van der Waals surface area (Å²) < 4.78 is 55.2. The van der Waals surface area contributed by atoms with Gasteiger partial charge in [-0.3, -0.25) is 0 Å². The van der Waals surface area contributed by atoms with Crippen LogP contribution in [0.4, 0.5) is 0 Å². The van der Waals surface area contributed by atoms with Crippen molar-refractivity contribution in [3.8, 4) is 57.1 Å². The van der Waals surface area contributed by atoms with Crippen molar-refractivity contribution in [2.45, 2.75) is 52.4 Å². The van der Waals surface area contributed by atoms with Gasteiger partial charge in [0.15, 0.2) is 0 Å². The molecule has 0 unspecified atom stereocenters. The third kappa shape index (κ3) is 10.2. The van der Waals surface area contributed by atoms with Gasteiger partial charge < -0.3 is 36.6 Å². The Balaban J connectivity index is 1.19. The molecule has 0 radical (unpaired) electrons.